The van der Waals surface area contributed by atoms with Gasteiger partial charge >= 0.3 is 0 Å². The maximum atomic E-state index is 12.1. The van der Waals surface area contributed by atoms with Crippen molar-refractivity contribution in [3.8, 4) is 0 Å². The molecule has 0 heterocycles. The van der Waals surface area contributed by atoms with Gasteiger partial charge in [-0.3, -0.25) is 0 Å². The van der Waals surface area contributed by atoms with Gasteiger partial charge in [-0.05, 0) is 50.0 Å². The van der Waals surface area contributed by atoms with Crippen LogP contribution in [0.2, 0.25) is 0 Å². The van der Waals surface area contributed by atoms with Gasteiger partial charge in [-0.25, -0.2) is 13.1 Å². The summed E-state index contributed by atoms with van der Waals surface area (Å²) >= 11 is 0. The number of hydrogen-bond donors (Lipinski definition) is 2. The van der Waals surface area contributed by atoms with E-state index in [0.29, 0.717) is 11.4 Å². The Morgan fingerprint density at radius 3 is 2.24 bits per heavy atom. The molecule has 0 bridgehead atoms. The molecule has 21 heavy (non-hydrogen) atoms. The van der Waals surface area contributed by atoms with Gasteiger partial charge in [0, 0.05) is 6.54 Å². The third kappa shape index (κ3) is 7.07. The topological polar surface area (TPSA) is 58.2 Å². The van der Waals surface area contributed by atoms with E-state index in [2.05, 4.69) is 23.9 Å². The summed E-state index contributed by atoms with van der Waals surface area (Å²) in [7, 11) is -3.35. The van der Waals surface area contributed by atoms with Gasteiger partial charge in [-0.15, -0.1) is 0 Å². The van der Waals surface area contributed by atoms with Gasteiger partial charge in [0.2, 0.25) is 10.0 Å². The quantitative estimate of drug-likeness (QED) is 0.618. The summed E-state index contributed by atoms with van der Waals surface area (Å²) in [4.78, 5) is 0.351. The molecule has 1 aromatic rings. The van der Waals surface area contributed by atoms with Crippen LogP contribution >= 0.6 is 0 Å². The Labute approximate surface area is 129 Å². The number of unbranched alkanes of at least 4 members (excludes halogenated alkanes) is 2. The maximum Gasteiger partial charge on any atom is 0.240 e. The van der Waals surface area contributed by atoms with Gasteiger partial charge in [0.1, 0.15) is 0 Å². The standard InChI is InChI=1S/C16H28N2O2S/c1-3-5-6-13-18-21(19,20)16-9-7-15(8-10-16)11-14-17-12-4-2/h7-10,17-18H,3-6,11-14H2,1-2H3. The van der Waals surface area contributed by atoms with E-state index in [0.717, 1.165) is 50.8 Å². The van der Waals surface area contributed by atoms with Crippen molar-refractivity contribution in [3.05, 3.63) is 29.8 Å². The number of nitrogens with one attached hydrogen (secondary N) is 2. The van der Waals surface area contributed by atoms with Crippen LogP contribution in [0.3, 0.4) is 0 Å². The molecule has 0 radical (unpaired) electrons. The third-order valence-electron chi connectivity index (χ3n) is 3.32. The van der Waals surface area contributed by atoms with Crippen molar-refractivity contribution in [2.24, 2.45) is 0 Å². The molecule has 0 aliphatic rings. The smallest absolute Gasteiger partial charge is 0.240 e. The number of rotatable bonds is 11. The minimum atomic E-state index is -3.35. The summed E-state index contributed by atoms with van der Waals surface area (Å²) in [6, 6.07) is 7.18. The molecule has 0 aliphatic carbocycles. The summed E-state index contributed by atoms with van der Waals surface area (Å²) < 4.78 is 26.8. The minimum Gasteiger partial charge on any atom is -0.316 e. The summed E-state index contributed by atoms with van der Waals surface area (Å²) in [6.07, 6.45) is 5.07. The highest BCUT2D eigenvalue weighted by atomic mass is 32.2. The molecule has 0 atom stereocenters. The van der Waals surface area contributed by atoms with Crippen molar-refractivity contribution >= 4 is 10.0 Å². The lowest BCUT2D eigenvalue weighted by Gasteiger charge is -2.08. The third-order valence-corrected chi connectivity index (χ3v) is 4.80. The largest absolute Gasteiger partial charge is 0.316 e. The van der Waals surface area contributed by atoms with E-state index in [1.165, 1.54) is 0 Å². The molecule has 0 saturated heterocycles. The van der Waals surface area contributed by atoms with Gasteiger partial charge in [-0.1, -0.05) is 38.8 Å². The van der Waals surface area contributed by atoms with Crippen molar-refractivity contribution < 1.29 is 8.42 Å². The molecule has 0 fully saturated rings. The molecule has 120 valence electrons. The highest BCUT2D eigenvalue weighted by molar-refractivity contribution is 7.89. The van der Waals surface area contributed by atoms with Crippen LogP contribution in [0, 0.1) is 0 Å². The molecule has 0 amide bonds. The molecule has 1 aromatic carbocycles. The first-order valence-corrected chi connectivity index (χ1v) is 9.37. The Bertz CT molecular complexity index is 484. The first-order valence-electron chi connectivity index (χ1n) is 7.89. The lowest BCUT2D eigenvalue weighted by molar-refractivity contribution is 0.576. The SMILES string of the molecule is CCCCCNS(=O)(=O)c1ccc(CCNCCC)cc1. The van der Waals surface area contributed by atoms with Crippen LogP contribution in [-0.4, -0.2) is 28.1 Å². The molecule has 0 aliphatic heterocycles. The van der Waals surface area contributed by atoms with E-state index in [4.69, 9.17) is 0 Å². The van der Waals surface area contributed by atoms with Crippen molar-refractivity contribution in [2.75, 3.05) is 19.6 Å². The molecular formula is C16H28N2O2S. The zero-order valence-electron chi connectivity index (χ0n) is 13.2. The second-order valence-electron chi connectivity index (χ2n) is 5.25. The first kappa shape index (κ1) is 18.1. The lowest BCUT2D eigenvalue weighted by atomic mass is 10.1. The highest BCUT2D eigenvalue weighted by Gasteiger charge is 2.12. The average Bonchev–Trinajstić information content (AvgIpc) is 2.49. The lowest BCUT2D eigenvalue weighted by Crippen LogP contribution is -2.24. The van der Waals surface area contributed by atoms with Gasteiger partial charge in [0.25, 0.3) is 0 Å². The van der Waals surface area contributed by atoms with Crippen LogP contribution in [0.15, 0.2) is 29.2 Å². The van der Waals surface area contributed by atoms with Crippen molar-refractivity contribution in [2.45, 2.75) is 50.8 Å². The monoisotopic (exact) mass is 312 g/mol. The van der Waals surface area contributed by atoms with Crippen molar-refractivity contribution in [1.82, 2.24) is 10.0 Å². The van der Waals surface area contributed by atoms with E-state index in [1.807, 2.05) is 12.1 Å². The van der Waals surface area contributed by atoms with Crippen LogP contribution in [-0.2, 0) is 16.4 Å². The van der Waals surface area contributed by atoms with E-state index < -0.39 is 10.0 Å². The molecule has 0 spiro atoms. The van der Waals surface area contributed by atoms with Crippen LogP contribution < -0.4 is 10.0 Å². The van der Waals surface area contributed by atoms with Crippen molar-refractivity contribution in [1.29, 1.82) is 0 Å². The number of benzene rings is 1. The Balaban J connectivity index is 2.48. The van der Waals surface area contributed by atoms with Crippen LogP contribution in [0.4, 0.5) is 0 Å². The van der Waals surface area contributed by atoms with Gasteiger partial charge < -0.3 is 5.32 Å². The summed E-state index contributed by atoms with van der Waals surface area (Å²) in [5, 5.41) is 3.34. The predicted molar refractivity (Wildman–Crippen MR) is 88.0 cm³/mol. The normalized spacial score (nSPS) is 11.7. The summed E-state index contributed by atoms with van der Waals surface area (Å²) in [5.74, 6) is 0. The maximum absolute atomic E-state index is 12.1. The number of sulfonamides is 1. The fourth-order valence-corrected chi connectivity index (χ4v) is 3.11. The molecule has 1 rings (SSSR count). The van der Waals surface area contributed by atoms with Gasteiger partial charge in [0.15, 0.2) is 0 Å². The highest BCUT2D eigenvalue weighted by Crippen LogP contribution is 2.11. The zero-order chi connectivity index (χ0) is 15.6. The Morgan fingerprint density at radius 2 is 1.62 bits per heavy atom. The Kier molecular flexibility index (Phi) is 8.57. The number of hydrogen-bond acceptors (Lipinski definition) is 3. The molecule has 4 nitrogen and oxygen atoms in total. The molecule has 0 unspecified atom stereocenters. The molecule has 5 heteroatoms. The van der Waals surface area contributed by atoms with E-state index in [-0.39, 0.29) is 0 Å². The zero-order valence-corrected chi connectivity index (χ0v) is 14.0. The molecule has 0 aromatic heterocycles. The van der Waals surface area contributed by atoms with Crippen LogP contribution in [0.25, 0.3) is 0 Å². The van der Waals surface area contributed by atoms with E-state index in [9.17, 15) is 8.42 Å². The summed E-state index contributed by atoms with van der Waals surface area (Å²) in [5.41, 5.74) is 1.16. The second-order valence-corrected chi connectivity index (χ2v) is 7.02. The Hall–Kier alpha value is -0.910. The predicted octanol–water partition coefficient (Wildman–Crippen LogP) is 2.70. The first-order chi connectivity index (χ1) is 10.1. The molecular weight excluding hydrogens is 284 g/mol. The van der Waals surface area contributed by atoms with Gasteiger partial charge in [-0.2, -0.15) is 0 Å². The fraction of sp³-hybridized carbons (Fsp3) is 0.625. The average molecular weight is 312 g/mol. The van der Waals surface area contributed by atoms with Crippen LogP contribution in [0.1, 0.15) is 45.1 Å². The van der Waals surface area contributed by atoms with E-state index in [1.54, 1.807) is 12.1 Å². The molecule has 0 saturated carbocycles. The second kappa shape index (κ2) is 9.92. The molecule has 2 N–H and O–H groups in total. The van der Waals surface area contributed by atoms with Crippen LogP contribution in [0.5, 0.6) is 0 Å². The minimum absolute atomic E-state index is 0.351. The Morgan fingerprint density at radius 1 is 0.905 bits per heavy atom. The van der Waals surface area contributed by atoms with Gasteiger partial charge in [0.05, 0.1) is 4.90 Å². The fourth-order valence-electron chi connectivity index (χ4n) is 2.03. The van der Waals surface area contributed by atoms with E-state index >= 15 is 0 Å². The van der Waals surface area contributed by atoms with Crippen molar-refractivity contribution in [3.63, 3.8) is 0 Å². The summed E-state index contributed by atoms with van der Waals surface area (Å²) in [6.45, 7) is 6.70.